The molecular weight excluding hydrogens is 140 g/mol. The van der Waals surface area contributed by atoms with Crippen LogP contribution in [0.4, 0.5) is 4.79 Å². The quantitative estimate of drug-likeness (QED) is 0.626. The minimum atomic E-state index is -0.152. The first-order chi connectivity index (χ1) is 5.02. The first-order valence-electron chi connectivity index (χ1n) is 3.72. The van der Waals surface area contributed by atoms with Crippen LogP contribution in [-0.2, 0) is 0 Å². The Morgan fingerprint density at radius 1 is 1.36 bits per heavy atom. The van der Waals surface area contributed by atoms with Crippen LogP contribution in [0.5, 0.6) is 0 Å². The van der Waals surface area contributed by atoms with Crippen molar-refractivity contribution in [2.75, 3.05) is 0 Å². The van der Waals surface area contributed by atoms with E-state index in [1.807, 2.05) is 27.7 Å². The van der Waals surface area contributed by atoms with Crippen LogP contribution in [-0.4, -0.2) is 12.1 Å². The Morgan fingerprint density at radius 2 is 1.91 bits per heavy atom. The smallest absolute Gasteiger partial charge is 0.318 e. The van der Waals surface area contributed by atoms with Crippen LogP contribution in [0.1, 0.15) is 27.7 Å². The summed E-state index contributed by atoms with van der Waals surface area (Å²) in [5, 5.41) is 5.30. The van der Waals surface area contributed by atoms with Crippen molar-refractivity contribution in [3.8, 4) is 0 Å². The molecule has 0 aliphatic rings. The second-order valence-electron chi connectivity index (χ2n) is 2.99. The predicted octanol–water partition coefficient (Wildman–Crippen LogP) is 1.62. The highest BCUT2D eigenvalue weighted by Crippen LogP contribution is 1.84. The van der Waals surface area contributed by atoms with Crippen LogP contribution < -0.4 is 10.6 Å². The van der Waals surface area contributed by atoms with Crippen molar-refractivity contribution in [3.05, 3.63) is 11.8 Å². The molecule has 0 spiro atoms. The summed E-state index contributed by atoms with van der Waals surface area (Å²) in [4.78, 5) is 10.9. The minimum Gasteiger partial charge on any atom is -0.336 e. The lowest BCUT2D eigenvalue weighted by molar-refractivity contribution is 0.242. The normalized spacial score (nSPS) is 9.18. The molecule has 0 radical (unpaired) electrons. The highest BCUT2D eigenvalue weighted by atomic mass is 16.2. The molecule has 0 aromatic carbocycles. The van der Waals surface area contributed by atoms with Crippen LogP contribution in [0.3, 0.4) is 0 Å². The van der Waals surface area contributed by atoms with E-state index < -0.39 is 0 Å². The molecule has 0 aliphatic carbocycles. The zero-order valence-corrected chi connectivity index (χ0v) is 7.56. The van der Waals surface area contributed by atoms with E-state index in [0.717, 1.165) is 5.57 Å². The van der Waals surface area contributed by atoms with Gasteiger partial charge in [-0.1, -0.05) is 5.57 Å². The van der Waals surface area contributed by atoms with Crippen molar-refractivity contribution in [1.29, 1.82) is 0 Å². The Hall–Kier alpha value is -0.990. The Kier molecular flexibility index (Phi) is 4.34. The first kappa shape index (κ1) is 10.0. The molecule has 0 aromatic heterocycles. The van der Waals surface area contributed by atoms with Crippen LogP contribution in [0.25, 0.3) is 0 Å². The number of amides is 2. The van der Waals surface area contributed by atoms with Gasteiger partial charge in [0.25, 0.3) is 0 Å². The Bertz CT molecular complexity index is 157. The largest absolute Gasteiger partial charge is 0.336 e. The summed E-state index contributed by atoms with van der Waals surface area (Å²) < 4.78 is 0. The van der Waals surface area contributed by atoms with E-state index in [4.69, 9.17) is 0 Å². The van der Waals surface area contributed by atoms with Gasteiger partial charge in [0.2, 0.25) is 0 Å². The van der Waals surface area contributed by atoms with Gasteiger partial charge in [-0.3, -0.25) is 0 Å². The van der Waals surface area contributed by atoms with E-state index >= 15 is 0 Å². The highest BCUT2D eigenvalue weighted by Gasteiger charge is 1.97. The Balaban J connectivity index is 3.62. The molecule has 11 heavy (non-hydrogen) atoms. The monoisotopic (exact) mass is 156 g/mol. The predicted molar refractivity (Wildman–Crippen MR) is 46.2 cm³/mol. The maximum atomic E-state index is 10.9. The number of allylic oxidation sites excluding steroid dienone is 1. The van der Waals surface area contributed by atoms with E-state index in [0.29, 0.717) is 0 Å². The third kappa shape index (κ3) is 6.90. The van der Waals surface area contributed by atoms with E-state index in [1.165, 1.54) is 0 Å². The zero-order chi connectivity index (χ0) is 8.85. The average Bonchev–Trinajstić information content (AvgIpc) is 1.82. The number of nitrogens with one attached hydrogen (secondary N) is 2. The van der Waals surface area contributed by atoms with Gasteiger partial charge in [-0.25, -0.2) is 4.79 Å². The average molecular weight is 156 g/mol. The maximum absolute atomic E-state index is 10.9. The molecule has 64 valence electrons. The molecule has 0 rings (SSSR count). The fourth-order valence-electron chi connectivity index (χ4n) is 0.514. The van der Waals surface area contributed by atoms with Crippen molar-refractivity contribution < 1.29 is 4.79 Å². The summed E-state index contributed by atoms with van der Waals surface area (Å²) in [7, 11) is 0. The number of carbonyl (C=O) groups is 1. The number of urea groups is 1. The molecule has 0 bridgehead atoms. The summed E-state index contributed by atoms with van der Waals surface area (Å²) in [5.41, 5.74) is 1.07. The molecule has 3 heteroatoms. The van der Waals surface area contributed by atoms with Crippen molar-refractivity contribution in [2.24, 2.45) is 0 Å². The third-order valence-corrected chi connectivity index (χ3v) is 0.912. The second-order valence-corrected chi connectivity index (χ2v) is 2.99. The standard InChI is InChI=1S/C8H16N2O/c1-6(2)5-9-8(11)10-7(3)4/h5,7H,1-4H3,(H2,9,10,11). The maximum Gasteiger partial charge on any atom is 0.318 e. The van der Waals surface area contributed by atoms with Crippen LogP contribution in [0, 0.1) is 0 Å². The fraction of sp³-hybridized carbons (Fsp3) is 0.625. The summed E-state index contributed by atoms with van der Waals surface area (Å²) in [6, 6.07) is 0.0294. The van der Waals surface area contributed by atoms with Crippen LogP contribution >= 0.6 is 0 Å². The van der Waals surface area contributed by atoms with Crippen molar-refractivity contribution in [1.82, 2.24) is 10.6 Å². The lowest BCUT2D eigenvalue weighted by atomic mass is 10.4. The molecule has 0 aliphatic heterocycles. The summed E-state index contributed by atoms with van der Waals surface area (Å²) in [6.45, 7) is 7.69. The van der Waals surface area contributed by atoms with Gasteiger partial charge in [-0.05, 0) is 27.7 Å². The van der Waals surface area contributed by atoms with E-state index in [2.05, 4.69) is 10.6 Å². The zero-order valence-electron chi connectivity index (χ0n) is 7.56. The molecule has 0 unspecified atom stereocenters. The second kappa shape index (κ2) is 4.77. The first-order valence-corrected chi connectivity index (χ1v) is 3.72. The molecule has 0 atom stereocenters. The van der Waals surface area contributed by atoms with Crippen LogP contribution in [0.15, 0.2) is 11.8 Å². The Labute approximate surface area is 67.9 Å². The van der Waals surface area contributed by atoms with E-state index in [1.54, 1.807) is 6.20 Å². The third-order valence-electron chi connectivity index (χ3n) is 0.912. The molecule has 0 saturated carbocycles. The topological polar surface area (TPSA) is 41.1 Å². The summed E-state index contributed by atoms with van der Waals surface area (Å²) >= 11 is 0. The number of rotatable bonds is 2. The molecular formula is C8H16N2O. The molecule has 0 saturated heterocycles. The molecule has 2 amide bonds. The van der Waals surface area contributed by atoms with Gasteiger partial charge in [0.15, 0.2) is 0 Å². The van der Waals surface area contributed by atoms with Gasteiger partial charge in [-0.15, -0.1) is 0 Å². The molecule has 0 fully saturated rings. The summed E-state index contributed by atoms with van der Waals surface area (Å²) in [5.74, 6) is 0. The number of carbonyl (C=O) groups excluding carboxylic acids is 1. The van der Waals surface area contributed by atoms with Crippen molar-refractivity contribution in [3.63, 3.8) is 0 Å². The van der Waals surface area contributed by atoms with Gasteiger partial charge < -0.3 is 10.6 Å². The Morgan fingerprint density at radius 3 is 2.27 bits per heavy atom. The molecule has 2 N–H and O–H groups in total. The highest BCUT2D eigenvalue weighted by molar-refractivity contribution is 5.75. The lowest BCUT2D eigenvalue weighted by Gasteiger charge is -2.07. The minimum absolute atomic E-state index is 0.152. The van der Waals surface area contributed by atoms with Gasteiger partial charge in [-0.2, -0.15) is 0 Å². The van der Waals surface area contributed by atoms with Crippen LogP contribution in [0.2, 0.25) is 0 Å². The van der Waals surface area contributed by atoms with Crippen molar-refractivity contribution in [2.45, 2.75) is 33.7 Å². The molecule has 3 nitrogen and oxygen atoms in total. The number of hydrogen-bond acceptors (Lipinski definition) is 1. The molecule has 0 heterocycles. The van der Waals surface area contributed by atoms with E-state index in [-0.39, 0.29) is 12.1 Å². The van der Waals surface area contributed by atoms with Gasteiger partial charge in [0.1, 0.15) is 0 Å². The van der Waals surface area contributed by atoms with Gasteiger partial charge in [0.05, 0.1) is 0 Å². The molecule has 0 aromatic rings. The van der Waals surface area contributed by atoms with Gasteiger partial charge in [0, 0.05) is 12.2 Å². The SMILES string of the molecule is CC(C)=CNC(=O)NC(C)C. The summed E-state index contributed by atoms with van der Waals surface area (Å²) in [6.07, 6.45) is 1.68. The van der Waals surface area contributed by atoms with E-state index in [9.17, 15) is 4.79 Å². The number of hydrogen-bond donors (Lipinski definition) is 2. The van der Waals surface area contributed by atoms with Crippen molar-refractivity contribution >= 4 is 6.03 Å². The fourth-order valence-corrected chi connectivity index (χ4v) is 0.514. The van der Waals surface area contributed by atoms with Gasteiger partial charge >= 0.3 is 6.03 Å². The lowest BCUT2D eigenvalue weighted by Crippen LogP contribution is -2.36.